The summed E-state index contributed by atoms with van der Waals surface area (Å²) < 4.78 is 25.2. The van der Waals surface area contributed by atoms with Gasteiger partial charge in [0.25, 0.3) is 0 Å². The van der Waals surface area contributed by atoms with Crippen molar-refractivity contribution in [1.82, 2.24) is 10.1 Å². The van der Waals surface area contributed by atoms with Crippen LogP contribution in [0.1, 0.15) is 33.5 Å². The van der Waals surface area contributed by atoms with E-state index in [9.17, 15) is 14.0 Å². The number of carbonyl (C=O) groups excluding carboxylic acids is 2. The molecule has 3 rings (SSSR count). The first kappa shape index (κ1) is 21.8. The van der Waals surface area contributed by atoms with Gasteiger partial charge in [0.2, 0.25) is 5.91 Å². The first-order chi connectivity index (χ1) is 14.6. The number of benzene rings is 1. The van der Waals surface area contributed by atoms with Gasteiger partial charge in [-0.15, -0.1) is 0 Å². The molecule has 1 aromatic carbocycles. The summed E-state index contributed by atoms with van der Waals surface area (Å²) in [5, 5.41) is 11.2. The topological polar surface area (TPSA) is 118 Å². The smallest absolute Gasteiger partial charge is 0.325 e. The molecule has 0 aliphatic carbocycles. The monoisotopic (exact) mass is 427 g/mol. The molecule has 0 saturated carbocycles. The number of pyridine rings is 1. The molecule has 0 fully saturated rings. The maximum absolute atomic E-state index is 14.4. The van der Waals surface area contributed by atoms with E-state index in [0.717, 1.165) is 6.07 Å². The first-order valence-corrected chi connectivity index (χ1v) is 9.36. The Hall–Kier alpha value is -3.95. The van der Waals surface area contributed by atoms with Crippen molar-refractivity contribution >= 4 is 29.3 Å². The molecule has 3 aromatic rings. The van der Waals surface area contributed by atoms with Crippen LogP contribution >= 0.6 is 0 Å². The zero-order valence-electron chi connectivity index (χ0n) is 17.4. The van der Waals surface area contributed by atoms with Crippen molar-refractivity contribution in [2.75, 3.05) is 16.0 Å². The minimum atomic E-state index is -0.695. The van der Waals surface area contributed by atoms with Crippen LogP contribution in [0.25, 0.3) is 0 Å². The Morgan fingerprint density at radius 1 is 1.00 bits per heavy atom. The van der Waals surface area contributed by atoms with Gasteiger partial charge < -0.3 is 19.9 Å². The number of hydrogen-bond donors (Lipinski definition) is 3. The van der Waals surface area contributed by atoms with Gasteiger partial charge >= 0.3 is 6.03 Å². The highest BCUT2D eigenvalue weighted by molar-refractivity contribution is 5.99. The number of nitrogens with one attached hydrogen (secondary N) is 3. The summed E-state index contributed by atoms with van der Waals surface area (Å²) in [6.07, 6.45) is 1.45. The Kier molecular flexibility index (Phi) is 6.19. The number of nitrogens with zero attached hydrogens (tertiary/aromatic N) is 2. The van der Waals surface area contributed by atoms with Crippen molar-refractivity contribution < 1.29 is 23.2 Å². The highest BCUT2D eigenvalue weighted by atomic mass is 19.1. The van der Waals surface area contributed by atoms with Gasteiger partial charge in [-0.3, -0.25) is 10.1 Å². The normalized spacial score (nSPS) is 11.0. The van der Waals surface area contributed by atoms with Crippen molar-refractivity contribution in [2.24, 2.45) is 0 Å². The Bertz CT molecular complexity index is 1110. The highest BCUT2D eigenvalue weighted by Crippen LogP contribution is 2.27. The molecular formula is C21H22FN5O4. The van der Waals surface area contributed by atoms with Crippen molar-refractivity contribution in [2.45, 2.75) is 33.1 Å². The van der Waals surface area contributed by atoms with E-state index < -0.39 is 11.8 Å². The second kappa shape index (κ2) is 8.82. The molecule has 3 amide bonds. The van der Waals surface area contributed by atoms with E-state index in [1.807, 2.05) is 20.8 Å². The van der Waals surface area contributed by atoms with Crippen molar-refractivity contribution in [3.63, 3.8) is 0 Å². The second-order valence-corrected chi connectivity index (χ2v) is 7.71. The van der Waals surface area contributed by atoms with Crippen LogP contribution < -0.4 is 20.7 Å². The van der Waals surface area contributed by atoms with Gasteiger partial charge in [-0.2, -0.15) is 0 Å². The predicted molar refractivity (Wildman–Crippen MR) is 113 cm³/mol. The van der Waals surface area contributed by atoms with E-state index in [0.29, 0.717) is 17.3 Å². The van der Waals surface area contributed by atoms with E-state index in [1.165, 1.54) is 31.3 Å². The molecule has 0 bridgehead atoms. The molecule has 0 aliphatic heterocycles. The summed E-state index contributed by atoms with van der Waals surface area (Å²) >= 11 is 0. The van der Waals surface area contributed by atoms with Gasteiger partial charge in [0.1, 0.15) is 28.9 Å². The molecule has 0 aliphatic rings. The zero-order chi connectivity index (χ0) is 22.6. The van der Waals surface area contributed by atoms with Crippen LogP contribution in [-0.2, 0) is 10.2 Å². The quantitative estimate of drug-likeness (QED) is 0.533. The number of ether oxygens (including phenoxy) is 1. The molecular weight excluding hydrogens is 405 g/mol. The lowest BCUT2D eigenvalue weighted by Crippen LogP contribution is -2.20. The fraction of sp³-hybridized carbons (Fsp3) is 0.238. The van der Waals surface area contributed by atoms with Crippen LogP contribution in [0.3, 0.4) is 0 Å². The van der Waals surface area contributed by atoms with E-state index in [2.05, 4.69) is 26.1 Å². The molecule has 0 radical (unpaired) electrons. The summed E-state index contributed by atoms with van der Waals surface area (Å²) in [5.74, 6) is 0.725. The molecule has 0 saturated heterocycles. The average molecular weight is 427 g/mol. The average Bonchev–Trinajstić information content (AvgIpc) is 3.12. The lowest BCUT2D eigenvalue weighted by atomic mass is 9.93. The van der Waals surface area contributed by atoms with Gasteiger partial charge in [-0.05, 0) is 18.2 Å². The third kappa shape index (κ3) is 6.01. The lowest BCUT2D eigenvalue weighted by Gasteiger charge is -2.12. The fourth-order valence-corrected chi connectivity index (χ4v) is 2.48. The maximum Gasteiger partial charge on any atom is 0.325 e. The highest BCUT2D eigenvalue weighted by Gasteiger charge is 2.20. The predicted octanol–water partition coefficient (Wildman–Crippen LogP) is 4.90. The van der Waals surface area contributed by atoms with Crippen LogP contribution in [0.2, 0.25) is 0 Å². The Morgan fingerprint density at radius 3 is 2.39 bits per heavy atom. The van der Waals surface area contributed by atoms with Crippen molar-refractivity contribution in [3.8, 4) is 11.5 Å². The van der Waals surface area contributed by atoms with Gasteiger partial charge in [0, 0.05) is 36.7 Å². The Labute approximate surface area is 178 Å². The number of rotatable bonds is 5. The zero-order valence-corrected chi connectivity index (χ0v) is 17.4. The summed E-state index contributed by atoms with van der Waals surface area (Å²) in [4.78, 5) is 27.3. The van der Waals surface area contributed by atoms with Gasteiger partial charge in [0.05, 0.1) is 5.69 Å². The van der Waals surface area contributed by atoms with Gasteiger partial charge in [-0.1, -0.05) is 25.9 Å². The molecule has 31 heavy (non-hydrogen) atoms. The molecule has 3 N–H and O–H groups in total. The minimum Gasteiger partial charge on any atom is -0.457 e. The van der Waals surface area contributed by atoms with Gasteiger partial charge in [0.15, 0.2) is 5.82 Å². The van der Waals surface area contributed by atoms with Crippen molar-refractivity contribution in [1.29, 1.82) is 0 Å². The maximum atomic E-state index is 14.4. The van der Waals surface area contributed by atoms with E-state index in [-0.39, 0.29) is 28.6 Å². The third-order valence-corrected chi connectivity index (χ3v) is 3.95. The van der Waals surface area contributed by atoms with E-state index >= 15 is 0 Å². The number of anilines is 3. The second-order valence-electron chi connectivity index (χ2n) is 7.71. The summed E-state index contributed by atoms with van der Waals surface area (Å²) in [6, 6.07) is 7.98. The number of urea groups is 1. The number of amides is 3. The van der Waals surface area contributed by atoms with Crippen LogP contribution in [0.5, 0.6) is 11.5 Å². The fourth-order valence-electron chi connectivity index (χ4n) is 2.48. The standard InChI is InChI=1S/C21H22FN5O4/c1-12(28)24-18-10-14(7-8-23-18)30-13-5-6-16(15(22)9-13)25-20(29)26-19-11-17(31-27-19)21(2,3)4/h5-11H,1-4H3,(H,23,24,28)(H2,25,26,27,29). The summed E-state index contributed by atoms with van der Waals surface area (Å²) in [5.41, 5.74) is -0.304. The van der Waals surface area contributed by atoms with Crippen LogP contribution in [-0.4, -0.2) is 22.1 Å². The Balaban J connectivity index is 1.63. The molecule has 0 spiro atoms. The van der Waals surface area contributed by atoms with Crippen LogP contribution in [0.4, 0.5) is 26.5 Å². The molecule has 162 valence electrons. The van der Waals surface area contributed by atoms with Crippen LogP contribution in [0.15, 0.2) is 47.1 Å². The molecule has 2 aromatic heterocycles. The molecule has 2 heterocycles. The lowest BCUT2D eigenvalue weighted by molar-refractivity contribution is -0.114. The number of carbonyl (C=O) groups is 2. The number of halogens is 1. The molecule has 9 nitrogen and oxygen atoms in total. The van der Waals surface area contributed by atoms with E-state index in [4.69, 9.17) is 9.26 Å². The largest absolute Gasteiger partial charge is 0.457 e. The third-order valence-electron chi connectivity index (χ3n) is 3.95. The molecule has 10 heteroatoms. The summed E-state index contributed by atoms with van der Waals surface area (Å²) in [6.45, 7) is 7.20. The number of aromatic nitrogens is 2. The Morgan fingerprint density at radius 2 is 1.74 bits per heavy atom. The minimum absolute atomic E-state index is 0.0435. The van der Waals surface area contributed by atoms with Gasteiger partial charge in [-0.25, -0.2) is 14.2 Å². The van der Waals surface area contributed by atoms with Crippen molar-refractivity contribution in [3.05, 3.63) is 54.2 Å². The van der Waals surface area contributed by atoms with Crippen LogP contribution in [0, 0.1) is 5.82 Å². The first-order valence-electron chi connectivity index (χ1n) is 9.36. The molecule has 0 unspecified atom stereocenters. The number of hydrogen-bond acceptors (Lipinski definition) is 6. The van der Waals surface area contributed by atoms with E-state index in [1.54, 1.807) is 12.1 Å². The SMILES string of the molecule is CC(=O)Nc1cc(Oc2ccc(NC(=O)Nc3cc(C(C)(C)C)on3)c(F)c2)ccn1. The molecule has 0 atom stereocenters. The summed E-state index contributed by atoms with van der Waals surface area (Å²) in [7, 11) is 0.